The maximum Gasteiger partial charge on any atom is 0.375 e. The van der Waals surface area contributed by atoms with E-state index < -0.39 is 5.97 Å². The molecule has 1 atom stereocenters. The van der Waals surface area contributed by atoms with E-state index in [0.29, 0.717) is 16.9 Å². The Bertz CT molecular complexity index is 993. The second kappa shape index (κ2) is 9.28. The zero-order valence-corrected chi connectivity index (χ0v) is 16.9. The Morgan fingerprint density at radius 2 is 1.90 bits per heavy atom. The summed E-state index contributed by atoms with van der Waals surface area (Å²) in [6.07, 6.45) is 1.66. The van der Waals surface area contributed by atoms with E-state index in [4.69, 9.17) is 13.9 Å². The standard InChI is InChI=1S/C23H25NO5/c1-15(9-10-17-7-5-4-6-8-17)24-21(25)14-28-23(26)22-16(2)19-13-18(27-3)11-12-20(19)29-22/h4-8,11-13,15H,9-10,14H2,1-3H3,(H,24,25)/t15-/m1/s1. The normalized spacial score (nSPS) is 11.8. The van der Waals surface area contributed by atoms with Crippen LogP contribution in [0.5, 0.6) is 5.75 Å². The van der Waals surface area contributed by atoms with Crippen molar-refractivity contribution in [1.29, 1.82) is 0 Å². The molecule has 3 aromatic rings. The topological polar surface area (TPSA) is 77.8 Å². The van der Waals surface area contributed by atoms with E-state index in [-0.39, 0.29) is 24.3 Å². The lowest BCUT2D eigenvalue weighted by molar-refractivity contribution is -0.124. The number of amides is 1. The monoisotopic (exact) mass is 395 g/mol. The minimum absolute atomic E-state index is 0.0261. The van der Waals surface area contributed by atoms with E-state index in [0.717, 1.165) is 18.2 Å². The van der Waals surface area contributed by atoms with Crippen LogP contribution in [-0.2, 0) is 16.0 Å². The van der Waals surface area contributed by atoms with Crippen molar-refractivity contribution < 1.29 is 23.5 Å². The first kappa shape index (κ1) is 20.5. The Morgan fingerprint density at radius 1 is 1.14 bits per heavy atom. The Balaban J connectivity index is 1.51. The van der Waals surface area contributed by atoms with Crippen LogP contribution in [0.2, 0.25) is 0 Å². The van der Waals surface area contributed by atoms with Crippen molar-refractivity contribution in [2.45, 2.75) is 32.7 Å². The minimum atomic E-state index is -0.662. The summed E-state index contributed by atoms with van der Waals surface area (Å²) in [6, 6.07) is 15.3. The number of carbonyl (C=O) groups is 2. The fourth-order valence-corrected chi connectivity index (χ4v) is 3.13. The van der Waals surface area contributed by atoms with Crippen molar-refractivity contribution in [1.82, 2.24) is 5.32 Å². The van der Waals surface area contributed by atoms with Crippen LogP contribution in [0.4, 0.5) is 0 Å². The number of nitrogens with one attached hydrogen (secondary N) is 1. The SMILES string of the molecule is COc1ccc2oc(C(=O)OCC(=O)N[C@H](C)CCc3ccccc3)c(C)c2c1. The van der Waals surface area contributed by atoms with Gasteiger partial charge in [0, 0.05) is 17.0 Å². The average molecular weight is 395 g/mol. The molecule has 152 valence electrons. The van der Waals surface area contributed by atoms with Gasteiger partial charge in [-0.3, -0.25) is 4.79 Å². The number of ether oxygens (including phenoxy) is 2. The number of carbonyl (C=O) groups excluding carboxylic acids is 2. The first-order chi connectivity index (χ1) is 14.0. The maximum absolute atomic E-state index is 12.4. The fourth-order valence-electron chi connectivity index (χ4n) is 3.13. The number of benzene rings is 2. The van der Waals surface area contributed by atoms with Gasteiger partial charge in [-0.15, -0.1) is 0 Å². The highest BCUT2D eigenvalue weighted by atomic mass is 16.5. The molecule has 0 bridgehead atoms. The van der Waals surface area contributed by atoms with Gasteiger partial charge in [0.05, 0.1) is 7.11 Å². The van der Waals surface area contributed by atoms with Crippen molar-refractivity contribution in [3.63, 3.8) is 0 Å². The zero-order valence-electron chi connectivity index (χ0n) is 16.9. The van der Waals surface area contributed by atoms with Crippen LogP contribution in [0, 0.1) is 6.92 Å². The molecule has 2 aromatic carbocycles. The third kappa shape index (κ3) is 5.16. The summed E-state index contributed by atoms with van der Waals surface area (Å²) in [4.78, 5) is 24.5. The molecular weight excluding hydrogens is 370 g/mol. The van der Waals surface area contributed by atoms with Crippen LogP contribution in [0.1, 0.15) is 35.0 Å². The second-order valence-electron chi connectivity index (χ2n) is 6.99. The van der Waals surface area contributed by atoms with Gasteiger partial charge in [-0.05, 0) is 50.5 Å². The maximum atomic E-state index is 12.4. The molecule has 0 aliphatic rings. The number of rotatable bonds is 8. The van der Waals surface area contributed by atoms with Crippen molar-refractivity contribution in [3.8, 4) is 5.75 Å². The Kier molecular flexibility index (Phi) is 6.54. The lowest BCUT2D eigenvalue weighted by Gasteiger charge is -2.13. The highest BCUT2D eigenvalue weighted by molar-refractivity contribution is 5.97. The molecule has 1 amide bonds. The number of hydrogen-bond acceptors (Lipinski definition) is 5. The van der Waals surface area contributed by atoms with Crippen molar-refractivity contribution in [2.75, 3.05) is 13.7 Å². The summed E-state index contributed by atoms with van der Waals surface area (Å²) in [5.74, 6) is -0.234. The molecule has 6 heteroatoms. The second-order valence-corrected chi connectivity index (χ2v) is 6.99. The summed E-state index contributed by atoms with van der Waals surface area (Å²) < 4.78 is 15.9. The molecule has 0 saturated carbocycles. The van der Waals surface area contributed by atoms with Gasteiger partial charge in [0.15, 0.2) is 6.61 Å². The number of furan rings is 1. The molecule has 0 aliphatic carbocycles. The number of methoxy groups -OCH3 is 1. The third-order valence-corrected chi connectivity index (χ3v) is 4.78. The van der Waals surface area contributed by atoms with E-state index >= 15 is 0 Å². The van der Waals surface area contributed by atoms with Gasteiger partial charge in [0.1, 0.15) is 11.3 Å². The Labute approximate surface area is 169 Å². The van der Waals surface area contributed by atoms with Gasteiger partial charge in [-0.2, -0.15) is 0 Å². The first-order valence-corrected chi connectivity index (χ1v) is 9.55. The summed E-state index contributed by atoms with van der Waals surface area (Å²) in [7, 11) is 1.57. The summed E-state index contributed by atoms with van der Waals surface area (Å²) >= 11 is 0. The van der Waals surface area contributed by atoms with Gasteiger partial charge in [0.2, 0.25) is 5.76 Å². The molecular formula is C23H25NO5. The molecule has 6 nitrogen and oxygen atoms in total. The van der Waals surface area contributed by atoms with Crippen molar-refractivity contribution in [3.05, 3.63) is 65.4 Å². The van der Waals surface area contributed by atoms with E-state index in [1.165, 1.54) is 5.56 Å². The molecule has 0 saturated heterocycles. The van der Waals surface area contributed by atoms with Gasteiger partial charge in [-0.25, -0.2) is 4.79 Å². The van der Waals surface area contributed by atoms with Crippen molar-refractivity contribution >= 4 is 22.8 Å². The molecule has 0 spiro atoms. The predicted octanol–water partition coefficient (Wildman–Crippen LogP) is 4.04. The molecule has 29 heavy (non-hydrogen) atoms. The van der Waals surface area contributed by atoms with Crippen LogP contribution in [0.3, 0.4) is 0 Å². The molecule has 0 unspecified atom stereocenters. The predicted molar refractivity (Wildman–Crippen MR) is 110 cm³/mol. The largest absolute Gasteiger partial charge is 0.497 e. The highest BCUT2D eigenvalue weighted by Crippen LogP contribution is 2.29. The Hall–Kier alpha value is -3.28. The van der Waals surface area contributed by atoms with Crippen LogP contribution >= 0.6 is 0 Å². The molecule has 0 fully saturated rings. The Morgan fingerprint density at radius 3 is 2.62 bits per heavy atom. The number of esters is 1. The number of hydrogen-bond donors (Lipinski definition) is 1. The van der Waals surface area contributed by atoms with Crippen molar-refractivity contribution in [2.24, 2.45) is 0 Å². The molecule has 1 heterocycles. The smallest absolute Gasteiger partial charge is 0.375 e. The molecule has 1 aromatic heterocycles. The van der Waals surface area contributed by atoms with Crippen LogP contribution in [0.25, 0.3) is 11.0 Å². The lowest BCUT2D eigenvalue weighted by Crippen LogP contribution is -2.36. The molecule has 0 radical (unpaired) electrons. The molecule has 1 N–H and O–H groups in total. The van der Waals surface area contributed by atoms with Crippen LogP contribution < -0.4 is 10.1 Å². The lowest BCUT2D eigenvalue weighted by atomic mass is 10.1. The average Bonchev–Trinajstić information content (AvgIpc) is 3.07. The summed E-state index contributed by atoms with van der Waals surface area (Å²) in [5.41, 5.74) is 2.44. The van der Waals surface area contributed by atoms with Gasteiger partial charge < -0.3 is 19.2 Å². The van der Waals surface area contributed by atoms with Gasteiger partial charge in [0.25, 0.3) is 5.91 Å². The number of fused-ring (bicyclic) bond motifs is 1. The van der Waals surface area contributed by atoms with E-state index in [1.807, 2.05) is 25.1 Å². The van der Waals surface area contributed by atoms with E-state index in [2.05, 4.69) is 17.4 Å². The van der Waals surface area contributed by atoms with Gasteiger partial charge >= 0.3 is 5.97 Å². The van der Waals surface area contributed by atoms with E-state index in [1.54, 1.807) is 32.2 Å². The fraction of sp³-hybridized carbons (Fsp3) is 0.304. The van der Waals surface area contributed by atoms with Gasteiger partial charge in [-0.1, -0.05) is 30.3 Å². The quantitative estimate of drug-likeness (QED) is 0.583. The van der Waals surface area contributed by atoms with Crippen LogP contribution in [0.15, 0.2) is 52.9 Å². The highest BCUT2D eigenvalue weighted by Gasteiger charge is 2.20. The number of aryl methyl sites for hydroxylation is 2. The molecule has 3 rings (SSSR count). The third-order valence-electron chi connectivity index (χ3n) is 4.78. The first-order valence-electron chi connectivity index (χ1n) is 9.55. The summed E-state index contributed by atoms with van der Waals surface area (Å²) in [5, 5.41) is 3.62. The minimum Gasteiger partial charge on any atom is -0.497 e. The van der Waals surface area contributed by atoms with E-state index in [9.17, 15) is 9.59 Å². The van der Waals surface area contributed by atoms with Crippen LogP contribution in [-0.4, -0.2) is 31.6 Å². The zero-order chi connectivity index (χ0) is 20.8. The molecule has 0 aliphatic heterocycles. The summed E-state index contributed by atoms with van der Waals surface area (Å²) in [6.45, 7) is 3.35.